The first kappa shape index (κ1) is 15.5. The van der Waals surface area contributed by atoms with Crippen LogP contribution in [-0.4, -0.2) is 34.9 Å². The Kier molecular flexibility index (Phi) is 3.40. The Morgan fingerprint density at radius 2 is 2.18 bits per heavy atom. The Bertz CT molecular complexity index is 553. The first-order chi connectivity index (χ1) is 10.2. The van der Waals surface area contributed by atoms with Crippen molar-refractivity contribution in [2.24, 2.45) is 17.3 Å². The van der Waals surface area contributed by atoms with Crippen LogP contribution in [0.3, 0.4) is 0 Å². The highest BCUT2D eigenvalue weighted by atomic mass is 16.6. The van der Waals surface area contributed by atoms with Crippen LogP contribution in [0.5, 0.6) is 0 Å². The zero-order valence-electron chi connectivity index (χ0n) is 13.6. The number of rotatable bonds is 1. The summed E-state index contributed by atoms with van der Waals surface area (Å²) in [5.74, 6) is -0.763. The minimum atomic E-state index is -1.27. The molecule has 1 aliphatic heterocycles. The molecule has 122 valence electrons. The fraction of sp³-hybridized carbons (Fsp3) is 0.765. The third-order valence-electron chi connectivity index (χ3n) is 6.18. The van der Waals surface area contributed by atoms with Gasteiger partial charge in [0.1, 0.15) is 17.8 Å². The molecule has 1 heterocycles. The highest BCUT2D eigenvalue weighted by molar-refractivity contribution is 5.75. The standard InChI is InChI=1S/C17H24O5/c1-9-5-6-13(21-11(3)18)16(4)8-7-12-10(2)15(19)22-14(12)17(9,16)20/h5,10,12-14,20H,6-8H2,1-4H3/t10-,12-,13-,14-,16-,17+/m0/s1. The van der Waals surface area contributed by atoms with Crippen LogP contribution in [0.1, 0.15) is 47.0 Å². The van der Waals surface area contributed by atoms with Crippen LogP contribution in [0.25, 0.3) is 0 Å². The molecule has 1 N–H and O–H groups in total. The van der Waals surface area contributed by atoms with Crippen LogP contribution in [0, 0.1) is 17.3 Å². The Morgan fingerprint density at radius 3 is 2.82 bits per heavy atom. The summed E-state index contributed by atoms with van der Waals surface area (Å²) >= 11 is 0. The van der Waals surface area contributed by atoms with E-state index in [0.717, 1.165) is 12.0 Å². The number of fused-ring (bicyclic) bond motifs is 3. The zero-order valence-corrected chi connectivity index (χ0v) is 13.6. The van der Waals surface area contributed by atoms with Crippen molar-refractivity contribution in [3.05, 3.63) is 11.6 Å². The Hall–Kier alpha value is -1.36. The minimum absolute atomic E-state index is 0.0185. The van der Waals surface area contributed by atoms with Crippen molar-refractivity contribution in [2.45, 2.75) is 64.8 Å². The van der Waals surface area contributed by atoms with E-state index in [1.807, 2.05) is 26.8 Å². The maximum atomic E-state index is 12.0. The SMILES string of the molecule is CC(=O)O[C@H]1CC=C(C)[C@@]2(O)[C@H]3OC(=O)[C@@H](C)[C@@H]3CC[C@@]12C. The van der Waals surface area contributed by atoms with Gasteiger partial charge in [-0.25, -0.2) is 0 Å². The molecule has 0 bridgehead atoms. The van der Waals surface area contributed by atoms with Crippen LogP contribution >= 0.6 is 0 Å². The first-order valence-electron chi connectivity index (χ1n) is 7.99. The fourth-order valence-corrected chi connectivity index (χ4v) is 4.69. The van der Waals surface area contributed by atoms with Gasteiger partial charge < -0.3 is 14.6 Å². The molecule has 0 aromatic rings. The maximum absolute atomic E-state index is 12.0. The molecule has 1 saturated heterocycles. The normalized spacial score (nSPS) is 47.1. The van der Waals surface area contributed by atoms with E-state index >= 15 is 0 Å². The molecule has 5 heteroatoms. The maximum Gasteiger partial charge on any atom is 0.309 e. The Morgan fingerprint density at radius 1 is 1.50 bits per heavy atom. The second-order valence-corrected chi connectivity index (χ2v) is 7.25. The third kappa shape index (κ3) is 1.81. The molecule has 3 aliphatic rings. The highest BCUT2D eigenvalue weighted by Crippen LogP contribution is 2.59. The van der Waals surface area contributed by atoms with Gasteiger partial charge in [0, 0.05) is 24.7 Å². The molecule has 2 aliphatic carbocycles. The lowest BCUT2D eigenvalue weighted by molar-refractivity contribution is -0.218. The van der Waals surface area contributed by atoms with E-state index in [-0.39, 0.29) is 23.8 Å². The molecule has 0 spiro atoms. The summed E-state index contributed by atoms with van der Waals surface area (Å²) in [5.41, 5.74) is -1.09. The molecule has 6 atom stereocenters. The van der Waals surface area contributed by atoms with Gasteiger partial charge in [-0.15, -0.1) is 0 Å². The van der Waals surface area contributed by atoms with Crippen LogP contribution in [0.2, 0.25) is 0 Å². The summed E-state index contributed by atoms with van der Waals surface area (Å²) in [4.78, 5) is 23.4. The first-order valence-corrected chi connectivity index (χ1v) is 7.99. The lowest BCUT2D eigenvalue weighted by atomic mass is 9.52. The van der Waals surface area contributed by atoms with Crippen molar-refractivity contribution in [1.82, 2.24) is 0 Å². The fourth-order valence-electron chi connectivity index (χ4n) is 4.69. The monoisotopic (exact) mass is 308 g/mol. The number of aliphatic hydroxyl groups is 1. The molecule has 0 aromatic heterocycles. The van der Waals surface area contributed by atoms with Crippen LogP contribution in [-0.2, 0) is 19.1 Å². The molecular formula is C17H24O5. The number of carbonyl (C=O) groups excluding carboxylic acids is 2. The second-order valence-electron chi connectivity index (χ2n) is 7.25. The lowest BCUT2D eigenvalue weighted by Gasteiger charge is -2.57. The largest absolute Gasteiger partial charge is 0.462 e. The number of esters is 2. The average molecular weight is 308 g/mol. The highest BCUT2D eigenvalue weighted by Gasteiger charge is 2.67. The Labute approximate surface area is 130 Å². The summed E-state index contributed by atoms with van der Waals surface area (Å²) in [5, 5.41) is 11.6. The molecule has 0 unspecified atom stereocenters. The van der Waals surface area contributed by atoms with Crippen molar-refractivity contribution in [1.29, 1.82) is 0 Å². The zero-order chi connectivity index (χ0) is 16.3. The summed E-state index contributed by atoms with van der Waals surface area (Å²) in [7, 11) is 0. The van der Waals surface area contributed by atoms with E-state index in [1.165, 1.54) is 6.92 Å². The van der Waals surface area contributed by atoms with Crippen molar-refractivity contribution in [2.75, 3.05) is 0 Å². The van der Waals surface area contributed by atoms with E-state index in [0.29, 0.717) is 12.8 Å². The molecule has 3 rings (SSSR count). The molecule has 0 radical (unpaired) electrons. The summed E-state index contributed by atoms with van der Waals surface area (Å²) < 4.78 is 11.1. The molecule has 22 heavy (non-hydrogen) atoms. The molecule has 0 amide bonds. The van der Waals surface area contributed by atoms with E-state index in [9.17, 15) is 14.7 Å². The predicted octanol–water partition coefficient (Wildman–Crippen LogP) is 1.98. The number of hydrogen-bond acceptors (Lipinski definition) is 5. The molecule has 0 aromatic carbocycles. The summed E-state index contributed by atoms with van der Waals surface area (Å²) in [6.07, 6.45) is 3.05. The lowest BCUT2D eigenvalue weighted by Crippen LogP contribution is -2.66. The number of carbonyl (C=O) groups is 2. The van der Waals surface area contributed by atoms with Gasteiger partial charge in [-0.05, 0) is 25.3 Å². The van der Waals surface area contributed by atoms with Gasteiger partial charge in [0.15, 0.2) is 0 Å². The van der Waals surface area contributed by atoms with Gasteiger partial charge in [-0.2, -0.15) is 0 Å². The van der Waals surface area contributed by atoms with Crippen molar-refractivity contribution in [3.8, 4) is 0 Å². The molecular weight excluding hydrogens is 284 g/mol. The van der Waals surface area contributed by atoms with E-state index in [2.05, 4.69) is 0 Å². The van der Waals surface area contributed by atoms with Crippen molar-refractivity contribution < 1.29 is 24.2 Å². The quantitative estimate of drug-likeness (QED) is 0.592. The van der Waals surface area contributed by atoms with E-state index in [4.69, 9.17) is 9.47 Å². The van der Waals surface area contributed by atoms with Crippen LogP contribution < -0.4 is 0 Å². The van der Waals surface area contributed by atoms with Gasteiger partial charge in [0.05, 0.1) is 5.92 Å². The number of ether oxygens (including phenoxy) is 2. The van der Waals surface area contributed by atoms with Gasteiger partial charge >= 0.3 is 11.9 Å². The smallest absolute Gasteiger partial charge is 0.309 e. The van der Waals surface area contributed by atoms with E-state index < -0.39 is 23.2 Å². The van der Waals surface area contributed by atoms with Gasteiger partial charge in [-0.3, -0.25) is 9.59 Å². The summed E-state index contributed by atoms with van der Waals surface area (Å²) in [6, 6.07) is 0. The molecule has 2 fully saturated rings. The summed E-state index contributed by atoms with van der Waals surface area (Å²) in [6.45, 7) is 7.08. The van der Waals surface area contributed by atoms with Gasteiger partial charge in [0.25, 0.3) is 0 Å². The van der Waals surface area contributed by atoms with Crippen molar-refractivity contribution in [3.63, 3.8) is 0 Å². The average Bonchev–Trinajstić information content (AvgIpc) is 2.73. The van der Waals surface area contributed by atoms with Gasteiger partial charge in [-0.1, -0.05) is 19.9 Å². The molecule has 5 nitrogen and oxygen atoms in total. The van der Waals surface area contributed by atoms with Crippen LogP contribution in [0.4, 0.5) is 0 Å². The second kappa shape index (κ2) is 4.82. The van der Waals surface area contributed by atoms with Crippen LogP contribution in [0.15, 0.2) is 11.6 Å². The predicted molar refractivity (Wildman–Crippen MR) is 78.8 cm³/mol. The van der Waals surface area contributed by atoms with E-state index in [1.54, 1.807) is 0 Å². The van der Waals surface area contributed by atoms with Gasteiger partial charge in [0.2, 0.25) is 0 Å². The number of hydrogen-bond donors (Lipinski definition) is 1. The topological polar surface area (TPSA) is 72.8 Å². The molecule has 1 saturated carbocycles. The van der Waals surface area contributed by atoms with Crippen molar-refractivity contribution >= 4 is 11.9 Å². The minimum Gasteiger partial charge on any atom is -0.462 e. The third-order valence-corrected chi connectivity index (χ3v) is 6.18. The Balaban J connectivity index is 2.05.